The van der Waals surface area contributed by atoms with Crippen molar-refractivity contribution in [1.29, 1.82) is 0 Å². The summed E-state index contributed by atoms with van der Waals surface area (Å²) in [5, 5.41) is 8.86. The number of halogens is 2. The fraction of sp³-hybridized carbons (Fsp3) is 0.346. The number of benzene rings is 2. The van der Waals surface area contributed by atoms with Crippen LogP contribution >= 0.6 is 0 Å². The summed E-state index contributed by atoms with van der Waals surface area (Å²) in [6.07, 6.45) is 3.85. The lowest BCUT2D eigenvalue weighted by atomic mass is 9.83. The van der Waals surface area contributed by atoms with Crippen molar-refractivity contribution in [1.82, 2.24) is 4.90 Å². The van der Waals surface area contributed by atoms with Crippen LogP contribution in [-0.2, 0) is 16.0 Å². The van der Waals surface area contributed by atoms with Crippen LogP contribution in [0.4, 0.5) is 8.78 Å². The van der Waals surface area contributed by atoms with Crippen LogP contribution in [0.25, 0.3) is 11.6 Å². The van der Waals surface area contributed by atoms with Gasteiger partial charge in [-0.05, 0) is 72.2 Å². The second kappa shape index (κ2) is 8.26. The predicted octanol–water partition coefficient (Wildman–Crippen LogP) is 5.00. The van der Waals surface area contributed by atoms with Gasteiger partial charge in [0, 0.05) is 30.3 Å². The van der Waals surface area contributed by atoms with Gasteiger partial charge < -0.3 is 9.84 Å². The van der Waals surface area contributed by atoms with Crippen molar-refractivity contribution in [3.63, 3.8) is 0 Å². The van der Waals surface area contributed by atoms with Crippen molar-refractivity contribution in [2.45, 2.75) is 44.3 Å². The van der Waals surface area contributed by atoms with Gasteiger partial charge in [0.2, 0.25) is 0 Å². The van der Waals surface area contributed by atoms with E-state index < -0.39 is 23.6 Å². The summed E-state index contributed by atoms with van der Waals surface area (Å²) in [7, 11) is 0. The molecular weight excluding hydrogens is 412 g/mol. The van der Waals surface area contributed by atoms with Gasteiger partial charge in [0.15, 0.2) is 0 Å². The highest BCUT2D eigenvalue weighted by atomic mass is 19.1. The number of ether oxygens (including phenoxy) is 1. The van der Waals surface area contributed by atoms with Gasteiger partial charge in [-0.1, -0.05) is 24.3 Å². The molecule has 1 aliphatic carbocycles. The molecular formula is C26H25F2NO3. The summed E-state index contributed by atoms with van der Waals surface area (Å²) in [5.74, 6) is -2.91. The first kappa shape index (κ1) is 19.8. The molecule has 0 aromatic heterocycles. The predicted molar refractivity (Wildman–Crippen MR) is 118 cm³/mol. The van der Waals surface area contributed by atoms with Crippen LogP contribution in [0.1, 0.15) is 49.4 Å². The fourth-order valence-electron chi connectivity index (χ4n) is 5.30. The molecule has 1 fully saturated rings. The van der Waals surface area contributed by atoms with E-state index in [-0.39, 0.29) is 23.2 Å². The van der Waals surface area contributed by atoms with Crippen molar-refractivity contribution in [2.24, 2.45) is 0 Å². The monoisotopic (exact) mass is 438 g/mol. The van der Waals surface area contributed by atoms with Gasteiger partial charge in [-0.25, -0.2) is 13.6 Å². The zero-order valence-corrected chi connectivity index (χ0v) is 17.8. The number of carboxylic acids is 1. The van der Waals surface area contributed by atoms with Crippen LogP contribution in [0.2, 0.25) is 0 Å². The van der Waals surface area contributed by atoms with Gasteiger partial charge in [-0.2, -0.15) is 0 Å². The minimum absolute atomic E-state index is 0.100. The second-order valence-electron chi connectivity index (χ2n) is 8.65. The van der Waals surface area contributed by atoms with Gasteiger partial charge >= 0.3 is 5.97 Å². The molecule has 0 bridgehead atoms. The third-order valence-electron chi connectivity index (χ3n) is 6.61. The van der Waals surface area contributed by atoms with E-state index in [1.165, 1.54) is 0 Å². The van der Waals surface area contributed by atoms with E-state index >= 15 is 8.78 Å². The highest BCUT2D eigenvalue weighted by Crippen LogP contribution is 2.50. The third-order valence-corrected chi connectivity index (χ3v) is 6.61. The maximum Gasteiger partial charge on any atom is 0.328 e. The Labute approximate surface area is 187 Å². The Balaban J connectivity index is 1.71. The van der Waals surface area contributed by atoms with Crippen LogP contribution < -0.4 is 0 Å². The van der Waals surface area contributed by atoms with Crippen molar-refractivity contribution < 1.29 is 24.8 Å². The van der Waals surface area contributed by atoms with Gasteiger partial charge in [0.25, 0.3) is 0 Å². The lowest BCUT2D eigenvalue weighted by molar-refractivity contribution is -0.131. The molecule has 2 heterocycles. The molecule has 1 N–H and O–H groups in total. The summed E-state index contributed by atoms with van der Waals surface area (Å²) in [6, 6.07) is 8.16. The highest BCUT2D eigenvalue weighted by Gasteiger charge is 2.44. The molecule has 166 valence electrons. The number of nitrogens with zero attached hydrogens (tertiary/aromatic N) is 1. The number of fused-ring (bicyclic) bond motifs is 2. The summed E-state index contributed by atoms with van der Waals surface area (Å²) < 4.78 is 46.6. The van der Waals surface area contributed by atoms with E-state index in [2.05, 4.69) is 0 Å². The molecule has 3 atom stereocenters. The summed E-state index contributed by atoms with van der Waals surface area (Å²) in [5.41, 5.74) is 3.62. The van der Waals surface area contributed by atoms with Crippen molar-refractivity contribution in [3.8, 4) is 0 Å². The lowest BCUT2D eigenvalue weighted by Crippen LogP contribution is -2.48. The molecule has 0 spiro atoms. The zero-order valence-electron chi connectivity index (χ0n) is 18.8. The quantitative estimate of drug-likeness (QED) is 0.683. The van der Waals surface area contributed by atoms with Gasteiger partial charge in [-0.3, -0.25) is 4.90 Å². The third kappa shape index (κ3) is 3.57. The summed E-state index contributed by atoms with van der Waals surface area (Å²) in [4.78, 5) is 12.8. The normalized spacial score (nSPS) is 28.2. The molecule has 6 heteroatoms. The average molecular weight is 438 g/mol. The topological polar surface area (TPSA) is 49.8 Å². The molecule has 0 radical (unpaired) electrons. The van der Waals surface area contributed by atoms with E-state index in [0.29, 0.717) is 38.0 Å². The maximum absolute atomic E-state index is 15.6. The van der Waals surface area contributed by atoms with Crippen molar-refractivity contribution in [2.75, 3.05) is 13.2 Å². The van der Waals surface area contributed by atoms with E-state index in [1.54, 1.807) is 0 Å². The zero-order chi connectivity index (χ0) is 23.3. The molecule has 2 aromatic rings. The lowest BCUT2D eigenvalue weighted by Gasteiger charge is -2.45. The molecule has 2 aliphatic heterocycles. The SMILES string of the molecule is [2H][C@@]1(c2c(F)cc(/C=C/C(=O)O)cc2F)C2=C(C[C@@H](C)N1[C@H]1CCOC1)c1ccccc1C2. The standard InChI is InChI=1S/C26H25F2NO3/c1-15-10-20-19-5-3-2-4-17(19)13-21(20)26(29(15)18-8-9-32-14-18)25-22(27)11-16(12-23(25)28)6-7-24(30)31/h2-7,11-12,15,18,26H,8-10,13-14H2,1H3,(H,30,31)/b7-6+/t15-,18+,26+/m1/s1/i26D. The Morgan fingerprint density at radius 1 is 1.28 bits per heavy atom. The Morgan fingerprint density at radius 2 is 2.03 bits per heavy atom. The second-order valence-corrected chi connectivity index (χ2v) is 8.65. The molecule has 32 heavy (non-hydrogen) atoms. The molecule has 2 aromatic carbocycles. The van der Waals surface area contributed by atoms with E-state index in [1.807, 2.05) is 36.1 Å². The maximum atomic E-state index is 15.6. The summed E-state index contributed by atoms with van der Waals surface area (Å²) in [6.45, 7) is 2.98. The molecule has 0 unspecified atom stereocenters. The Morgan fingerprint density at radius 3 is 2.72 bits per heavy atom. The Bertz CT molecular complexity index is 1160. The first-order chi connectivity index (χ1) is 15.8. The van der Waals surface area contributed by atoms with Crippen LogP contribution in [-0.4, -0.2) is 41.3 Å². The Hall–Kier alpha value is -2.83. The summed E-state index contributed by atoms with van der Waals surface area (Å²) >= 11 is 0. The van der Waals surface area contributed by atoms with Gasteiger partial charge in [0.05, 0.1) is 14.0 Å². The molecule has 4 nitrogen and oxygen atoms in total. The minimum Gasteiger partial charge on any atom is -0.478 e. The fourth-order valence-corrected chi connectivity index (χ4v) is 5.30. The molecule has 3 aliphatic rings. The minimum atomic E-state index is -1.74. The van der Waals surface area contributed by atoms with Gasteiger partial charge in [0.1, 0.15) is 11.6 Å². The first-order valence-corrected chi connectivity index (χ1v) is 10.9. The number of carboxylic acid groups (broad SMARTS) is 1. The van der Waals surface area contributed by atoms with Crippen LogP contribution in [0.3, 0.4) is 0 Å². The molecule has 0 amide bonds. The molecule has 1 saturated heterocycles. The van der Waals surface area contributed by atoms with Crippen molar-refractivity contribution >= 4 is 17.6 Å². The molecule has 0 saturated carbocycles. The number of hydrogen-bond donors (Lipinski definition) is 1. The van der Waals surface area contributed by atoms with E-state index in [9.17, 15) is 6.17 Å². The largest absolute Gasteiger partial charge is 0.478 e. The first-order valence-electron chi connectivity index (χ1n) is 11.4. The van der Waals surface area contributed by atoms with Crippen LogP contribution in [0, 0.1) is 11.6 Å². The van der Waals surface area contributed by atoms with Crippen LogP contribution in [0.5, 0.6) is 0 Å². The molecule has 5 rings (SSSR count). The Kier molecular flexibility index (Phi) is 5.12. The van der Waals surface area contributed by atoms with E-state index in [0.717, 1.165) is 41.0 Å². The highest BCUT2D eigenvalue weighted by molar-refractivity contribution is 5.85. The smallest absolute Gasteiger partial charge is 0.328 e. The number of hydrogen-bond acceptors (Lipinski definition) is 3. The average Bonchev–Trinajstić information content (AvgIpc) is 3.40. The van der Waals surface area contributed by atoms with Crippen LogP contribution in [0.15, 0.2) is 48.0 Å². The number of aliphatic carboxylic acids is 1. The van der Waals surface area contributed by atoms with Crippen molar-refractivity contribution in [3.05, 3.63) is 81.9 Å². The van der Waals surface area contributed by atoms with E-state index in [4.69, 9.17) is 9.84 Å². The number of rotatable bonds is 4. The number of carbonyl (C=O) groups is 1. The van der Waals surface area contributed by atoms with Gasteiger partial charge in [-0.15, -0.1) is 0 Å².